The monoisotopic (exact) mass is 418 g/mol. The summed E-state index contributed by atoms with van der Waals surface area (Å²) in [5, 5.41) is 12.0. The van der Waals surface area contributed by atoms with Gasteiger partial charge in [-0.2, -0.15) is 4.80 Å². The molecule has 3 rings (SSSR count). The summed E-state index contributed by atoms with van der Waals surface area (Å²) in [5.74, 6) is -0.306. The Morgan fingerprint density at radius 1 is 1.20 bits per heavy atom. The predicted molar refractivity (Wildman–Crippen MR) is 109 cm³/mol. The van der Waals surface area contributed by atoms with Crippen molar-refractivity contribution < 1.29 is 23.2 Å². The van der Waals surface area contributed by atoms with Crippen molar-refractivity contribution in [1.29, 1.82) is 0 Å². The lowest BCUT2D eigenvalue weighted by molar-refractivity contribution is -0.144. The second kappa shape index (κ2) is 8.43. The van der Waals surface area contributed by atoms with Crippen molar-refractivity contribution in [3.05, 3.63) is 34.9 Å². The third-order valence-electron chi connectivity index (χ3n) is 5.65. The van der Waals surface area contributed by atoms with Gasteiger partial charge in [0.1, 0.15) is 5.82 Å². The van der Waals surface area contributed by atoms with Crippen LogP contribution in [-0.2, 0) is 38.2 Å². The number of rotatable bonds is 7. The van der Waals surface area contributed by atoms with Crippen LogP contribution in [0.1, 0.15) is 51.6 Å². The van der Waals surface area contributed by atoms with Crippen LogP contribution in [0.3, 0.4) is 0 Å². The van der Waals surface area contributed by atoms with Gasteiger partial charge < -0.3 is 14.0 Å². The van der Waals surface area contributed by atoms with Crippen LogP contribution in [0, 0.1) is 12.7 Å². The van der Waals surface area contributed by atoms with E-state index in [9.17, 15) is 9.18 Å². The number of esters is 1. The third-order valence-corrected chi connectivity index (χ3v) is 5.65. The third kappa shape index (κ3) is 4.70. The van der Waals surface area contributed by atoms with Crippen molar-refractivity contribution in [2.75, 3.05) is 6.61 Å². The average molecular weight is 418 g/mol. The first-order chi connectivity index (χ1) is 14.0. The van der Waals surface area contributed by atoms with Crippen LogP contribution < -0.4 is 5.46 Å². The number of hydrogen-bond acceptors (Lipinski definition) is 7. The molecule has 0 saturated carbocycles. The van der Waals surface area contributed by atoms with Gasteiger partial charge >= 0.3 is 13.1 Å². The molecule has 1 fully saturated rings. The van der Waals surface area contributed by atoms with Gasteiger partial charge in [-0.25, -0.2) is 9.18 Å². The summed E-state index contributed by atoms with van der Waals surface area (Å²) in [6.45, 7) is 11.6. The number of ether oxygens (including phenoxy) is 1. The van der Waals surface area contributed by atoms with Crippen molar-refractivity contribution in [2.45, 2.75) is 72.1 Å². The minimum atomic E-state index is -0.743. The Kier molecular flexibility index (Phi) is 6.28. The number of aromatic nitrogens is 4. The predicted octanol–water partition coefficient (Wildman–Crippen LogP) is 1.77. The summed E-state index contributed by atoms with van der Waals surface area (Å²) in [4.78, 5) is 12.7. The maximum Gasteiger partial charge on any atom is 0.497 e. The van der Waals surface area contributed by atoms with E-state index < -0.39 is 24.3 Å². The number of nitrogens with zero attached hydrogens (tertiary/aromatic N) is 4. The Hall–Kier alpha value is -2.33. The fourth-order valence-corrected chi connectivity index (χ4v) is 3.18. The quantitative estimate of drug-likeness (QED) is 0.500. The fraction of sp³-hybridized carbons (Fsp3) is 0.600. The Morgan fingerprint density at radius 2 is 1.87 bits per heavy atom. The highest BCUT2D eigenvalue weighted by Crippen LogP contribution is 2.36. The normalized spacial score (nSPS) is 17.4. The number of benzene rings is 1. The Balaban J connectivity index is 1.67. The summed E-state index contributed by atoms with van der Waals surface area (Å²) >= 11 is 0. The lowest BCUT2D eigenvalue weighted by Gasteiger charge is -2.32. The lowest BCUT2D eigenvalue weighted by atomic mass is 9.77. The molecular formula is C20H28BFN4O4. The van der Waals surface area contributed by atoms with Gasteiger partial charge in [-0.1, -0.05) is 6.07 Å². The summed E-state index contributed by atoms with van der Waals surface area (Å²) in [6.07, 6.45) is 1.01. The van der Waals surface area contributed by atoms with Crippen LogP contribution in [0.15, 0.2) is 12.1 Å². The molecule has 2 heterocycles. The highest BCUT2D eigenvalue weighted by Gasteiger charge is 2.52. The molecule has 162 valence electrons. The molecule has 2 aromatic rings. The minimum Gasteiger partial charge on any atom is -0.465 e. The van der Waals surface area contributed by atoms with Crippen molar-refractivity contribution in [1.82, 2.24) is 20.2 Å². The standard InChI is InChI=1S/C20H28BFN4O4/c1-7-28-18(27)12-26-24-17(23-25-26)9-8-14-11-16(22)15(10-13(14)2)21-29-19(3,4)20(5,6)30-21/h10-11H,7-9,12H2,1-6H3. The molecule has 1 aliphatic heterocycles. The molecule has 1 aliphatic rings. The highest BCUT2D eigenvalue weighted by atomic mass is 19.1. The second-order valence-corrected chi connectivity index (χ2v) is 8.43. The maximum absolute atomic E-state index is 14.9. The molecular weight excluding hydrogens is 390 g/mol. The zero-order valence-corrected chi connectivity index (χ0v) is 18.4. The molecule has 1 saturated heterocycles. The molecule has 10 heteroatoms. The van der Waals surface area contributed by atoms with Crippen molar-refractivity contribution >= 4 is 18.6 Å². The van der Waals surface area contributed by atoms with Crippen molar-refractivity contribution in [3.63, 3.8) is 0 Å². The largest absolute Gasteiger partial charge is 0.497 e. The van der Waals surface area contributed by atoms with Crippen LogP contribution in [-0.4, -0.2) is 51.1 Å². The minimum absolute atomic E-state index is 0.0860. The smallest absolute Gasteiger partial charge is 0.465 e. The molecule has 30 heavy (non-hydrogen) atoms. The van der Waals surface area contributed by atoms with Gasteiger partial charge in [-0.3, -0.25) is 0 Å². The first kappa shape index (κ1) is 22.4. The number of halogens is 1. The maximum atomic E-state index is 14.9. The van der Waals surface area contributed by atoms with Gasteiger partial charge in [-0.15, -0.1) is 10.2 Å². The number of carbonyl (C=O) groups excluding carboxylic acids is 1. The fourth-order valence-electron chi connectivity index (χ4n) is 3.18. The van der Waals surface area contributed by atoms with Gasteiger partial charge in [0.2, 0.25) is 0 Å². The first-order valence-electron chi connectivity index (χ1n) is 10.1. The van der Waals surface area contributed by atoms with Crippen LogP contribution in [0.2, 0.25) is 0 Å². The van der Waals surface area contributed by atoms with Gasteiger partial charge in [0, 0.05) is 11.9 Å². The SMILES string of the molecule is CCOC(=O)Cn1nnc(CCc2cc(F)c(B3OC(C)(C)C(C)(C)O3)cc2C)n1. The van der Waals surface area contributed by atoms with Crippen LogP contribution in [0.5, 0.6) is 0 Å². The molecule has 1 aromatic carbocycles. The average Bonchev–Trinajstić information content (AvgIpc) is 3.16. The second-order valence-electron chi connectivity index (χ2n) is 8.43. The van der Waals surface area contributed by atoms with E-state index in [2.05, 4.69) is 15.4 Å². The van der Waals surface area contributed by atoms with Crippen molar-refractivity contribution in [2.24, 2.45) is 0 Å². The van der Waals surface area contributed by atoms with E-state index in [4.69, 9.17) is 14.0 Å². The van der Waals surface area contributed by atoms with Crippen LogP contribution >= 0.6 is 0 Å². The molecule has 1 aromatic heterocycles. The van der Waals surface area contributed by atoms with E-state index in [0.29, 0.717) is 30.7 Å². The Morgan fingerprint density at radius 3 is 2.50 bits per heavy atom. The highest BCUT2D eigenvalue weighted by molar-refractivity contribution is 6.62. The Labute approximate surface area is 176 Å². The molecule has 0 N–H and O–H groups in total. The number of aryl methyl sites for hydroxylation is 3. The van der Waals surface area contributed by atoms with E-state index in [0.717, 1.165) is 11.1 Å². The van der Waals surface area contributed by atoms with Crippen LogP contribution in [0.25, 0.3) is 0 Å². The first-order valence-corrected chi connectivity index (χ1v) is 10.1. The van der Waals surface area contributed by atoms with Crippen molar-refractivity contribution in [3.8, 4) is 0 Å². The lowest BCUT2D eigenvalue weighted by Crippen LogP contribution is -2.41. The van der Waals surface area contributed by atoms with Gasteiger partial charge in [0.15, 0.2) is 12.4 Å². The topological polar surface area (TPSA) is 88.4 Å². The molecule has 0 radical (unpaired) electrons. The van der Waals surface area contributed by atoms with E-state index in [1.54, 1.807) is 13.0 Å². The summed E-state index contributed by atoms with van der Waals surface area (Å²) < 4.78 is 31.7. The van der Waals surface area contributed by atoms with E-state index >= 15 is 0 Å². The molecule has 0 aliphatic carbocycles. The molecule has 0 bridgehead atoms. The molecule has 0 atom stereocenters. The molecule has 0 spiro atoms. The van der Waals surface area contributed by atoms with Gasteiger partial charge in [0.25, 0.3) is 0 Å². The number of carbonyl (C=O) groups is 1. The summed E-state index contributed by atoms with van der Waals surface area (Å²) in [5.41, 5.74) is 1.11. The molecule has 8 nitrogen and oxygen atoms in total. The van der Waals surface area contributed by atoms with Gasteiger partial charge in [-0.05, 0) is 70.4 Å². The van der Waals surface area contributed by atoms with Crippen LogP contribution in [0.4, 0.5) is 4.39 Å². The number of tetrazole rings is 1. The summed E-state index contributed by atoms with van der Waals surface area (Å²) in [7, 11) is -0.743. The number of hydrogen-bond donors (Lipinski definition) is 0. The van der Waals surface area contributed by atoms with E-state index in [1.807, 2.05) is 34.6 Å². The summed E-state index contributed by atoms with van der Waals surface area (Å²) in [6, 6.07) is 3.29. The Bertz CT molecular complexity index is 916. The van der Waals surface area contributed by atoms with Gasteiger partial charge in [0.05, 0.1) is 17.8 Å². The zero-order valence-electron chi connectivity index (χ0n) is 18.4. The molecule has 0 amide bonds. The zero-order chi connectivity index (χ0) is 22.1. The van der Waals surface area contributed by atoms with E-state index in [-0.39, 0.29) is 12.4 Å². The van der Waals surface area contributed by atoms with E-state index in [1.165, 1.54) is 10.9 Å². The molecule has 0 unspecified atom stereocenters.